The molecule has 25 heavy (non-hydrogen) atoms. The van der Waals surface area contributed by atoms with Crippen molar-refractivity contribution in [2.75, 3.05) is 0 Å². The van der Waals surface area contributed by atoms with Crippen molar-refractivity contribution in [1.29, 1.82) is 0 Å². The molecule has 2 rings (SSSR count). The molecular formula is C21H32O4. The molecule has 4 heteroatoms. The van der Waals surface area contributed by atoms with Crippen molar-refractivity contribution in [3.8, 4) is 0 Å². The number of carbonyl (C=O) groups excluding carboxylic acids is 3. The maximum absolute atomic E-state index is 13.0. The van der Waals surface area contributed by atoms with Crippen molar-refractivity contribution in [3.63, 3.8) is 0 Å². The Bertz CT molecular complexity index is 574. The maximum atomic E-state index is 13.0. The maximum Gasteiger partial charge on any atom is 0.303 e. The van der Waals surface area contributed by atoms with E-state index in [0.717, 1.165) is 31.3 Å². The number of fused-ring (bicyclic) bond motifs is 1. The van der Waals surface area contributed by atoms with Gasteiger partial charge in [-0.2, -0.15) is 0 Å². The molecule has 0 unspecified atom stereocenters. The van der Waals surface area contributed by atoms with Crippen molar-refractivity contribution in [2.24, 2.45) is 17.3 Å². The Morgan fingerprint density at radius 3 is 2.60 bits per heavy atom. The number of ether oxygens (including phenoxy) is 1. The van der Waals surface area contributed by atoms with Crippen molar-refractivity contribution in [1.82, 2.24) is 0 Å². The lowest BCUT2D eigenvalue weighted by Gasteiger charge is -2.53. The van der Waals surface area contributed by atoms with Crippen LogP contribution in [0.15, 0.2) is 12.2 Å². The summed E-state index contributed by atoms with van der Waals surface area (Å²) in [5.74, 6) is 0.937. The number of allylic oxidation sites excluding steroid dienone is 1. The molecule has 3 atom stereocenters. The molecule has 0 aliphatic heterocycles. The Morgan fingerprint density at radius 1 is 1.28 bits per heavy atom. The van der Waals surface area contributed by atoms with E-state index in [9.17, 15) is 14.4 Å². The normalized spacial score (nSPS) is 30.4. The molecule has 2 aliphatic carbocycles. The summed E-state index contributed by atoms with van der Waals surface area (Å²) in [6, 6.07) is 0. The highest BCUT2D eigenvalue weighted by molar-refractivity contribution is 5.86. The predicted molar refractivity (Wildman–Crippen MR) is 97.0 cm³/mol. The van der Waals surface area contributed by atoms with Crippen LogP contribution in [0.2, 0.25) is 0 Å². The summed E-state index contributed by atoms with van der Waals surface area (Å²) in [7, 11) is 0. The van der Waals surface area contributed by atoms with Gasteiger partial charge in [0, 0.05) is 31.6 Å². The minimum atomic E-state index is -0.616. The molecule has 0 aromatic rings. The molecule has 0 heterocycles. The minimum Gasteiger partial charge on any atom is -0.460 e. The van der Waals surface area contributed by atoms with Crippen molar-refractivity contribution in [3.05, 3.63) is 12.2 Å². The smallest absolute Gasteiger partial charge is 0.303 e. The topological polar surface area (TPSA) is 60.4 Å². The number of Topliss-reactive ketones (excluding diaryl/α,β-unsaturated/α-hetero) is 2. The van der Waals surface area contributed by atoms with Crippen LogP contribution < -0.4 is 0 Å². The Balaban J connectivity index is 2.01. The lowest BCUT2D eigenvalue weighted by Crippen LogP contribution is -2.51. The van der Waals surface area contributed by atoms with Crippen LogP contribution in [0.5, 0.6) is 0 Å². The van der Waals surface area contributed by atoms with Gasteiger partial charge >= 0.3 is 5.97 Å². The molecule has 0 amide bonds. The summed E-state index contributed by atoms with van der Waals surface area (Å²) in [4.78, 5) is 35.9. The van der Waals surface area contributed by atoms with Gasteiger partial charge in [-0.3, -0.25) is 14.4 Å². The fourth-order valence-electron chi connectivity index (χ4n) is 4.57. The zero-order valence-corrected chi connectivity index (χ0v) is 16.2. The number of hydrogen-bond acceptors (Lipinski definition) is 4. The molecule has 0 aromatic heterocycles. The van der Waals surface area contributed by atoms with Gasteiger partial charge in [-0.05, 0) is 57.8 Å². The third-order valence-corrected chi connectivity index (χ3v) is 6.18. The Labute approximate surface area is 151 Å². The van der Waals surface area contributed by atoms with Gasteiger partial charge in [0.2, 0.25) is 0 Å². The molecule has 0 radical (unpaired) electrons. The average Bonchev–Trinajstić information content (AvgIpc) is 2.54. The highest BCUT2D eigenvalue weighted by Gasteiger charge is 2.54. The van der Waals surface area contributed by atoms with Crippen LogP contribution in [0, 0.1) is 17.3 Å². The number of rotatable bonds is 5. The first-order valence-corrected chi connectivity index (χ1v) is 9.47. The predicted octanol–water partition coefficient (Wildman–Crippen LogP) is 4.41. The van der Waals surface area contributed by atoms with E-state index in [2.05, 4.69) is 13.5 Å². The first-order chi connectivity index (χ1) is 11.5. The van der Waals surface area contributed by atoms with E-state index in [1.807, 2.05) is 13.8 Å². The van der Waals surface area contributed by atoms with Gasteiger partial charge < -0.3 is 4.74 Å². The van der Waals surface area contributed by atoms with E-state index in [1.54, 1.807) is 0 Å². The quantitative estimate of drug-likeness (QED) is 0.545. The highest BCUT2D eigenvalue weighted by atomic mass is 16.6. The number of carbonyl (C=O) groups is 3. The average molecular weight is 348 g/mol. The Hall–Kier alpha value is -1.45. The summed E-state index contributed by atoms with van der Waals surface area (Å²) in [6.07, 6.45) is 5.59. The molecule has 140 valence electrons. The SMILES string of the molecule is C=C1CCC(=O)CCC[C@H]2[C@H]1C[C@]2(C)C(=O)CCC(C)(C)OC(C)=O. The second-order valence-corrected chi connectivity index (χ2v) is 8.70. The Kier molecular flexibility index (Phi) is 5.90. The molecule has 2 saturated carbocycles. The summed E-state index contributed by atoms with van der Waals surface area (Å²) in [5, 5.41) is 0. The summed E-state index contributed by atoms with van der Waals surface area (Å²) >= 11 is 0. The third-order valence-electron chi connectivity index (χ3n) is 6.18. The molecule has 0 spiro atoms. The second kappa shape index (κ2) is 7.43. The van der Waals surface area contributed by atoms with Gasteiger partial charge in [-0.1, -0.05) is 19.1 Å². The van der Waals surface area contributed by atoms with E-state index in [4.69, 9.17) is 4.74 Å². The first-order valence-electron chi connectivity index (χ1n) is 9.47. The number of hydrogen-bond donors (Lipinski definition) is 0. The second-order valence-electron chi connectivity index (χ2n) is 8.70. The first kappa shape index (κ1) is 19.9. The monoisotopic (exact) mass is 348 g/mol. The van der Waals surface area contributed by atoms with Crippen LogP contribution in [0.25, 0.3) is 0 Å². The Morgan fingerprint density at radius 2 is 1.96 bits per heavy atom. The van der Waals surface area contributed by atoms with Gasteiger partial charge in [0.15, 0.2) is 0 Å². The molecule has 4 nitrogen and oxygen atoms in total. The van der Waals surface area contributed by atoms with Crippen LogP contribution >= 0.6 is 0 Å². The summed E-state index contributed by atoms with van der Waals surface area (Å²) in [6.45, 7) is 11.4. The van der Waals surface area contributed by atoms with E-state index in [-0.39, 0.29) is 17.2 Å². The molecule has 2 aliphatic rings. The lowest BCUT2D eigenvalue weighted by molar-refractivity contribution is -0.156. The van der Waals surface area contributed by atoms with E-state index in [1.165, 1.54) is 6.92 Å². The minimum absolute atomic E-state index is 0.257. The van der Waals surface area contributed by atoms with Gasteiger partial charge in [0.1, 0.15) is 17.2 Å². The van der Waals surface area contributed by atoms with Gasteiger partial charge in [0.05, 0.1) is 0 Å². The molecule has 0 N–H and O–H groups in total. The number of ketones is 2. The van der Waals surface area contributed by atoms with Crippen LogP contribution in [0.1, 0.15) is 79.1 Å². The van der Waals surface area contributed by atoms with E-state index in [0.29, 0.717) is 43.3 Å². The van der Waals surface area contributed by atoms with Gasteiger partial charge in [0.25, 0.3) is 0 Å². The van der Waals surface area contributed by atoms with Crippen LogP contribution in [0.4, 0.5) is 0 Å². The van der Waals surface area contributed by atoms with Crippen molar-refractivity contribution >= 4 is 17.5 Å². The molecule has 2 fully saturated rings. The van der Waals surface area contributed by atoms with Crippen LogP contribution in [-0.4, -0.2) is 23.1 Å². The van der Waals surface area contributed by atoms with Crippen LogP contribution in [0.3, 0.4) is 0 Å². The largest absolute Gasteiger partial charge is 0.460 e. The van der Waals surface area contributed by atoms with Crippen LogP contribution in [-0.2, 0) is 19.1 Å². The standard InChI is InChI=1S/C21H32O4/c1-14-9-10-16(23)7-6-8-18-17(14)13-21(18,5)19(24)11-12-20(3,4)25-15(2)22/h17-18H,1,6-13H2,2-5H3/t17-,18-,21-/m0/s1. The van der Waals surface area contributed by atoms with E-state index >= 15 is 0 Å². The van der Waals surface area contributed by atoms with Gasteiger partial charge in [-0.25, -0.2) is 0 Å². The summed E-state index contributed by atoms with van der Waals surface area (Å²) < 4.78 is 5.30. The molecule has 0 bridgehead atoms. The summed E-state index contributed by atoms with van der Waals surface area (Å²) in [5.41, 5.74) is 0.202. The lowest BCUT2D eigenvalue weighted by atomic mass is 9.49. The molecule has 0 saturated heterocycles. The van der Waals surface area contributed by atoms with E-state index < -0.39 is 5.60 Å². The fraction of sp³-hybridized carbons (Fsp3) is 0.762. The highest BCUT2D eigenvalue weighted by Crippen LogP contribution is 2.57. The molecule has 0 aromatic carbocycles. The third kappa shape index (κ3) is 4.59. The van der Waals surface area contributed by atoms with Crippen molar-refractivity contribution in [2.45, 2.75) is 84.7 Å². The fourth-order valence-corrected chi connectivity index (χ4v) is 4.57. The zero-order valence-electron chi connectivity index (χ0n) is 16.2. The van der Waals surface area contributed by atoms with Gasteiger partial charge in [-0.15, -0.1) is 0 Å². The molecular weight excluding hydrogens is 316 g/mol. The number of esters is 1. The zero-order chi connectivity index (χ0) is 18.8. The van der Waals surface area contributed by atoms with Crippen molar-refractivity contribution < 1.29 is 19.1 Å².